The van der Waals surface area contributed by atoms with Crippen molar-refractivity contribution in [3.8, 4) is 11.5 Å². The van der Waals surface area contributed by atoms with Gasteiger partial charge in [-0.3, -0.25) is 20.4 Å². The van der Waals surface area contributed by atoms with Gasteiger partial charge in [0.1, 0.15) is 11.5 Å². The summed E-state index contributed by atoms with van der Waals surface area (Å²) < 4.78 is 10.8. The van der Waals surface area contributed by atoms with Gasteiger partial charge in [0.05, 0.1) is 13.0 Å². The highest BCUT2D eigenvalue weighted by Gasteiger charge is 2.07. The molecule has 2 rings (SSSR count). The minimum Gasteiger partial charge on any atom is -0.494 e. The lowest BCUT2D eigenvalue weighted by Gasteiger charge is -2.10. The van der Waals surface area contributed by atoms with Crippen LogP contribution in [0, 0.1) is 13.8 Å². The van der Waals surface area contributed by atoms with Gasteiger partial charge in [-0.1, -0.05) is 18.2 Å². The van der Waals surface area contributed by atoms with Crippen molar-refractivity contribution < 1.29 is 19.1 Å². The Morgan fingerprint density at radius 1 is 0.846 bits per heavy atom. The first-order chi connectivity index (χ1) is 12.5. The number of aryl methyl sites for hydroxylation is 2. The van der Waals surface area contributed by atoms with Crippen LogP contribution >= 0.6 is 0 Å². The van der Waals surface area contributed by atoms with Gasteiger partial charge in [-0.15, -0.1) is 0 Å². The first-order valence-electron chi connectivity index (χ1n) is 8.47. The molecule has 0 fully saturated rings. The zero-order valence-electron chi connectivity index (χ0n) is 15.3. The maximum atomic E-state index is 11.9. The zero-order chi connectivity index (χ0) is 18.9. The molecule has 0 saturated heterocycles. The number of hydrazine groups is 1. The van der Waals surface area contributed by atoms with Crippen LogP contribution in [0.15, 0.2) is 42.5 Å². The summed E-state index contributed by atoms with van der Waals surface area (Å²) in [5.74, 6) is 0.643. The molecule has 26 heavy (non-hydrogen) atoms. The van der Waals surface area contributed by atoms with Gasteiger partial charge in [-0.2, -0.15) is 0 Å². The van der Waals surface area contributed by atoms with Crippen molar-refractivity contribution in [2.45, 2.75) is 27.2 Å². The Kier molecular flexibility index (Phi) is 7.02. The lowest BCUT2D eigenvalue weighted by Crippen LogP contribution is -2.44. The highest BCUT2D eigenvalue weighted by Crippen LogP contribution is 2.16. The molecule has 0 bridgehead atoms. The molecule has 0 aliphatic carbocycles. The second-order valence-electron chi connectivity index (χ2n) is 5.96. The molecule has 0 spiro atoms. The van der Waals surface area contributed by atoms with Gasteiger partial charge < -0.3 is 9.47 Å². The molecular formula is C20H24N2O4. The number of hydrogen-bond acceptors (Lipinski definition) is 4. The van der Waals surface area contributed by atoms with E-state index in [1.807, 2.05) is 63.2 Å². The normalized spacial score (nSPS) is 10.1. The molecule has 2 amide bonds. The van der Waals surface area contributed by atoms with Crippen LogP contribution in [0.2, 0.25) is 0 Å². The predicted octanol–water partition coefficient (Wildman–Crippen LogP) is 2.47. The number of hydrogen-bond donors (Lipinski definition) is 2. The van der Waals surface area contributed by atoms with E-state index in [1.165, 1.54) is 0 Å². The van der Waals surface area contributed by atoms with Crippen molar-refractivity contribution in [1.82, 2.24) is 10.9 Å². The number of benzene rings is 2. The largest absolute Gasteiger partial charge is 0.494 e. The monoisotopic (exact) mass is 356 g/mol. The number of rotatable bonds is 7. The van der Waals surface area contributed by atoms with Crippen LogP contribution in [-0.2, 0) is 16.0 Å². The fourth-order valence-corrected chi connectivity index (χ4v) is 2.44. The Bertz CT molecular complexity index is 737. The van der Waals surface area contributed by atoms with Crippen molar-refractivity contribution in [2.24, 2.45) is 0 Å². The van der Waals surface area contributed by atoms with Crippen LogP contribution in [0.25, 0.3) is 0 Å². The van der Waals surface area contributed by atoms with Crippen molar-refractivity contribution in [3.63, 3.8) is 0 Å². The standard InChI is InChI=1S/C20H24N2O4/c1-4-25-17-7-5-16(6-8-17)12-19(23)21-22-20(24)13-26-18-10-14(2)9-15(3)11-18/h5-11H,4,12-13H2,1-3H3,(H,21,23)(H,22,24). The van der Waals surface area contributed by atoms with Gasteiger partial charge in [0, 0.05) is 0 Å². The van der Waals surface area contributed by atoms with Crippen molar-refractivity contribution in [1.29, 1.82) is 0 Å². The average molecular weight is 356 g/mol. The molecular weight excluding hydrogens is 332 g/mol. The molecule has 2 N–H and O–H groups in total. The average Bonchev–Trinajstić information content (AvgIpc) is 2.59. The van der Waals surface area contributed by atoms with Gasteiger partial charge in [0.25, 0.3) is 5.91 Å². The SMILES string of the molecule is CCOc1ccc(CC(=O)NNC(=O)COc2cc(C)cc(C)c2)cc1. The van der Waals surface area contributed by atoms with Crippen molar-refractivity contribution in [3.05, 3.63) is 59.2 Å². The molecule has 0 heterocycles. The first-order valence-corrected chi connectivity index (χ1v) is 8.47. The number of carbonyl (C=O) groups is 2. The number of nitrogens with one attached hydrogen (secondary N) is 2. The molecule has 0 aromatic heterocycles. The lowest BCUT2D eigenvalue weighted by molar-refractivity contribution is -0.129. The molecule has 2 aromatic rings. The summed E-state index contributed by atoms with van der Waals surface area (Å²) in [4.78, 5) is 23.7. The van der Waals surface area contributed by atoms with Gasteiger partial charge >= 0.3 is 0 Å². The summed E-state index contributed by atoms with van der Waals surface area (Å²) in [7, 11) is 0. The number of amides is 2. The van der Waals surface area contributed by atoms with Crippen LogP contribution in [0.1, 0.15) is 23.6 Å². The summed E-state index contributed by atoms with van der Waals surface area (Å²) in [6.45, 7) is 6.25. The highest BCUT2D eigenvalue weighted by atomic mass is 16.5. The fourth-order valence-electron chi connectivity index (χ4n) is 2.44. The molecule has 0 saturated carbocycles. The molecule has 6 heteroatoms. The molecule has 0 radical (unpaired) electrons. The molecule has 6 nitrogen and oxygen atoms in total. The summed E-state index contributed by atoms with van der Waals surface area (Å²) >= 11 is 0. The molecule has 0 unspecified atom stereocenters. The maximum absolute atomic E-state index is 11.9. The predicted molar refractivity (Wildman–Crippen MR) is 99.0 cm³/mol. The first kappa shape index (κ1) is 19.3. The van der Waals surface area contributed by atoms with E-state index in [2.05, 4.69) is 10.9 Å². The maximum Gasteiger partial charge on any atom is 0.276 e. The van der Waals surface area contributed by atoms with Crippen LogP contribution in [0.4, 0.5) is 0 Å². The van der Waals surface area contributed by atoms with E-state index in [4.69, 9.17) is 9.47 Å². The molecule has 0 aliphatic rings. The van der Waals surface area contributed by atoms with Crippen molar-refractivity contribution in [2.75, 3.05) is 13.2 Å². The Labute approximate surface area is 153 Å². The fraction of sp³-hybridized carbons (Fsp3) is 0.300. The summed E-state index contributed by atoms with van der Waals surface area (Å²) in [6.07, 6.45) is 0.157. The van der Waals surface area contributed by atoms with Crippen molar-refractivity contribution >= 4 is 11.8 Å². The third kappa shape index (κ3) is 6.47. The van der Waals surface area contributed by atoms with E-state index in [9.17, 15) is 9.59 Å². The second-order valence-corrected chi connectivity index (χ2v) is 5.96. The summed E-state index contributed by atoms with van der Waals surface area (Å²) in [5.41, 5.74) is 7.67. The summed E-state index contributed by atoms with van der Waals surface area (Å²) in [6, 6.07) is 13.0. The molecule has 2 aromatic carbocycles. The topological polar surface area (TPSA) is 76.7 Å². The van der Waals surface area contributed by atoms with E-state index < -0.39 is 5.91 Å². The minimum absolute atomic E-state index is 0.157. The minimum atomic E-state index is -0.427. The Balaban J connectivity index is 1.73. The summed E-state index contributed by atoms with van der Waals surface area (Å²) in [5, 5.41) is 0. The molecule has 0 atom stereocenters. The van der Waals surface area contributed by atoms with Gasteiger partial charge in [-0.25, -0.2) is 0 Å². The van der Waals surface area contributed by atoms with E-state index >= 15 is 0 Å². The Hall–Kier alpha value is -3.02. The van der Waals surface area contributed by atoms with Crippen LogP contribution in [0.3, 0.4) is 0 Å². The Morgan fingerprint density at radius 3 is 2.08 bits per heavy atom. The zero-order valence-corrected chi connectivity index (χ0v) is 15.3. The van der Waals surface area contributed by atoms with E-state index in [0.29, 0.717) is 12.4 Å². The highest BCUT2D eigenvalue weighted by molar-refractivity contribution is 5.83. The van der Waals surface area contributed by atoms with E-state index in [0.717, 1.165) is 22.4 Å². The van der Waals surface area contributed by atoms with Gasteiger partial charge in [0.15, 0.2) is 6.61 Å². The smallest absolute Gasteiger partial charge is 0.276 e. The van der Waals surface area contributed by atoms with E-state index in [1.54, 1.807) is 0 Å². The van der Waals surface area contributed by atoms with Gasteiger partial charge in [0.2, 0.25) is 5.91 Å². The van der Waals surface area contributed by atoms with Crippen LogP contribution < -0.4 is 20.3 Å². The molecule has 0 aliphatic heterocycles. The molecule has 138 valence electrons. The van der Waals surface area contributed by atoms with Crippen LogP contribution in [-0.4, -0.2) is 25.0 Å². The Morgan fingerprint density at radius 2 is 1.46 bits per heavy atom. The quantitative estimate of drug-likeness (QED) is 0.747. The van der Waals surface area contributed by atoms with Crippen LogP contribution in [0.5, 0.6) is 11.5 Å². The lowest BCUT2D eigenvalue weighted by atomic mass is 10.1. The second kappa shape index (κ2) is 9.46. The third-order valence-corrected chi connectivity index (χ3v) is 3.51. The number of ether oxygens (including phenoxy) is 2. The third-order valence-electron chi connectivity index (χ3n) is 3.51. The van der Waals surface area contributed by atoms with E-state index in [-0.39, 0.29) is 18.9 Å². The number of carbonyl (C=O) groups excluding carboxylic acids is 2. The van der Waals surface area contributed by atoms with Gasteiger partial charge in [-0.05, 0) is 61.7 Å².